The van der Waals surface area contributed by atoms with E-state index in [1.165, 1.54) is 0 Å². The summed E-state index contributed by atoms with van der Waals surface area (Å²) < 4.78 is 12.7. The minimum absolute atomic E-state index is 0.0349. The zero-order valence-corrected chi connectivity index (χ0v) is 28.7. The van der Waals surface area contributed by atoms with Gasteiger partial charge < -0.3 is 30.1 Å². The molecule has 1 aliphatic rings. The van der Waals surface area contributed by atoms with Gasteiger partial charge in [0.25, 0.3) is 0 Å². The van der Waals surface area contributed by atoms with Crippen molar-refractivity contribution >= 4 is 34.1 Å². The SMILES string of the molecule is C[C@@H]1CN([C@@H](C)CO)C(=O)Cc2cc(NC(=O)Nc3cccc4ccccc34)ccc2O[C@@H]1CN(C)Cc1ccc(Oc2ccccc2)cc1. The van der Waals surface area contributed by atoms with Gasteiger partial charge in [0.1, 0.15) is 23.4 Å². The van der Waals surface area contributed by atoms with E-state index in [4.69, 9.17) is 9.47 Å². The first kappa shape index (κ1) is 34.5. The second kappa shape index (κ2) is 15.9. The molecule has 5 aromatic carbocycles. The molecule has 0 saturated heterocycles. The molecule has 3 N–H and O–H groups in total. The van der Waals surface area contributed by atoms with Crippen molar-refractivity contribution in [1.29, 1.82) is 0 Å². The summed E-state index contributed by atoms with van der Waals surface area (Å²) in [6.45, 7) is 5.53. The van der Waals surface area contributed by atoms with Gasteiger partial charge in [0.05, 0.1) is 24.8 Å². The molecule has 3 atom stereocenters. The number of benzene rings is 5. The number of ether oxygens (including phenoxy) is 2. The summed E-state index contributed by atoms with van der Waals surface area (Å²) in [4.78, 5) is 30.7. The molecule has 0 unspecified atom stereocenters. The number of hydrogen-bond donors (Lipinski definition) is 3. The largest absolute Gasteiger partial charge is 0.488 e. The molecule has 1 heterocycles. The molecule has 9 heteroatoms. The Morgan fingerprint density at radius 1 is 0.940 bits per heavy atom. The number of nitrogens with one attached hydrogen (secondary N) is 2. The van der Waals surface area contributed by atoms with Gasteiger partial charge in [-0.15, -0.1) is 0 Å². The Kier molecular flexibility index (Phi) is 11.0. The minimum Gasteiger partial charge on any atom is -0.488 e. The molecule has 0 saturated carbocycles. The van der Waals surface area contributed by atoms with E-state index in [1.54, 1.807) is 17.0 Å². The summed E-state index contributed by atoms with van der Waals surface area (Å²) in [5.41, 5.74) is 3.05. The molecule has 50 heavy (non-hydrogen) atoms. The molecule has 6 rings (SSSR count). The molecule has 258 valence electrons. The third kappa shape index (κ3) is 8.61. The Balaban J connectivity index is 1.17. The fourth-order valence-electron chi connectivity index (χ4n) is 6.32. The van der Waals surface area contributed by atoms with Crippen LogP contribution in [-0.4, -0.2) is 65.7 Å². The number of nitrogens with zero attached hydrogens (tertiary/aromatic N) is 2. The van der Waals surface area contributed by atoms with Gasteiger partial charge in [0, 0.05) is 42.2 Å². The quantitative estimate of drug-likeness (QED) is 0.142. The number of aliphatic hydroxyl groups is 1. The minimum atomic E-state index is -0.389. The van der Waals surface area contributed by atoms with Crippen LogP contribution < -0.4 is 20.1 Å². The number of urea groups is 1. The predicted octanol–water partition coefficient (Wildman–Crippen LogP) is 7.56. The molecule has 0 fully saturated rings. The number of hydrogen-bond acceptors (Lipinski definition) is 6. The van der Waals surface area contributed by atoms with Crippen LogP contribution in [0.2, 0.25) is 0 Å². The first-order valence-electron chi connectivity index (χ1n) is 17.0. The molecule has 1 aliphatic heterocycles. The Morgan fingerprint density at radius 2 is 1.66 bits per heavy atom. The highest BCUT2D eigenvalue weighted by Crippen LogP contribution is 2.30. The first-order valence-corrected chi connectivity index (χ1v) is 17.0. The Labute approximate surface area is 293 Å². The monoisotopic (exact) mass is 672 g/mol. The zero-order valence-electron chi connectivity index (χ0n) is 28.7. The third-order valence-electron chi connectivity index (χ3n) is 9.06. The van der Waals surface area contributed by atoms with Gasteiger partial charge in [0.2, 0.25) is 5.91 Å². The highest BCUT2D eigenvalue weighted by molar-refractivity contribution is 6.06. The van der Waals surface area contributed by atoms with Gasteiger partial charge in [-0.05, 0) is 73.5 Å². The van der Waals surface area contributed by atoms with Crippen molar-refractivity contribution < 1.29 is 24.2 Å². The lowest BCUT2D eigenvalue weighted by Gasteiger charge is -2.34. The van der Waals surface area contributed by atoms with Gasteiger partial charge in [0.15, 0.2) is 0 Å². The lowest BCUT2D eigenvalue weighted by Crippen LogP contribution is -2.47. The number of carbonyl (C=O) groups excluding carboxylic acids is 2. The van der Waals surface area contributed by atoms with Crippen LogP contribution in [0.15, 0.2) is 115 Å². The van der Waals surface area contributed by atoms with E-state index in [0.717, 1.165) is 27.8 Å². The lowest BCUT2D eigenvalue weighted by molar-refractivity contribution is -0.134. The molecule has 0 aliphatic carbocycles. The Bertz CT molecular complexity index is 1910. The van der Waals surface area contributed by atoms with Gasteiger partial charge in [-0.1, -0.05) is 73.7 Å². The Hall–Kier alpha value is -5.38. The van der Waals surface area contributed by atoms with Gasteiger partial charge >= 0.3 is 6.03 Å². The Morgan fingerprint density at radius 3 is 2.44 bits per heavy atom. The number of likely N-dealkylation sites (N-methyl/N-ethyl adjacent to an activating group) is 1. The molecule has 0 spiro atoms. The molecular formula is C41H44N4O5. The van der Waals surface area contributed by atoms with Crippen molar-refractivity contribution in [1.82, 2.24) is 9.80 Å². The van der Waals surface area contributed by atoms with Crippen molar-refractivity contribution in [2.24, 2.45) is 5.92 Å². The summed E-state index contributed by atoms with van der Waals surface area (Å²) in [6, 6.07) is 36.1. The maximum atomic E-state index is 13.7. The van der Waals surface area contributed by atoms with E-state index in [2.05, 4.69) is 41.6 Å². The van der Waals surface area contributed by atoms with E-state index in [0.29, 0.717) is 42.3 Å². The number of fused-ring (bicyclic) bond motifs is 2. The first-order chi connectivity index (χ1) is 24.2. The zero-order chi connectivity index (χ0) is 35.0. The summed E-state index contributed by atoms with van der Waals surface area (Å²) in [6.07, 6.45) is -0.181. The molecule has 9 nitrogen and oxygen atoms in total. The molecule has 3 amide bonds. The van der Waals surface area contributed by atoms with Crippen LogP contribution in [0.1, 0.15) is 25.0 Å². The summed E-state index contributed by atoms with van der Waals surface area (Å²) in [5, 5.41) is 17.9. The van der Waals surface area contributed by atoms with Crippen LogP contribution in [0.25, 0.3) is 10.8 Å². The number of rotatable bonds is 10. The maximum absolute atomic E-state index is 13.7. The molecule has 0 bridgehead atoms. The summed E-state index contributed by atoms with van der Waals surface area (Å²) in [7, 11) is 2.05. The molecular weight excluding hydrogens is 628 g/mol. The third-order valence-corrected chi connectivity index (χ3v) is 9.06. The van der Waals surface area contributed by atoms with E-state index in [9.17, 15) is 14.7 Å². The van der Waals surface area contributed by atoms with Crippen molar-refractivity contribution in [3.8, 4) is 17.2 Å². The van der Waals surface area contributed by atoms with Crippen LogP contribution in [0.4, 0.5) is 16.2 Å². The van der Waals surface area contributed by atoms with Crippen molar-refractivity contribution in [2.75, 3.05) is 37.4 Å². The average molecular weight is 673 g/mol. The van der Waals surface area contributed by atoms with E-state index >= 15 is 0 Å². The van der Waals surface area contributed by atoms with Crippen LogP contribution in [0.5, 0.6) is 17.2 Å². The van der Waals surface area contributed by atoms with Gasteiger partial charge in [-0.3, -0.25) is 9.69 Å². The lowest BCUT2D eigenvalue weighted by atomic mass is 10.0. The number of anilines is 2. The van der Waals surface area contributed by atoms with Crippen molar-refractivity contribution in [3.05, 3.63) is 126 Å². The summed E-state index contributed by atoms with van der Waals surface area (Å²) in [5.74, 6) is 2.03. The van der Waals surface area contributed by atoms with Crippen molar-refractivity contribution in [2.45, 2.75) is 39.0 Å². The molecule has 0 aromatic heterocycles. The van der Waals surface area contributed by atoms with E-state index < -0.39 is 0 Å². The topological polar surface area (TPSA) is 103 Å². The van der Waals surface area contributed by atoms with Crippen molar-refractivity contribution in [3.63, 3.8) is 0 Å². The maximum Gasteiger partial charge on any atom is 0.323 e. The normalized spacial score (nSPS) is 16.8. The smallest absolute Gasteiger partial charge is 0.323 e. The van der Waals surface area contributed by atoms with Crippen LogP contribution >= 0.6 is 0 Å². The number of amides is 3. The van der Waals surface area contributed by atoms with Crippen LogP contribution in [-0.2, 0) is 17.8 Å². The van der Waals surface area contributed by atoms with Gasteiger partial charge in [-0.25, -0.2) is 4.79 Å². The molecule has 0 radical (unpaired) electrons. The highest BCUT2D eigenvalue weighted by Gasteiger charge is 2.31. The fourth-order valence-corrected chi connectivity index (χ4v) is 6.32. The number of aliphatic hydroxyl groups excluding tert-OH is 1. The van der Waals surface area contributed by atoms with E-state index in [-0.39, 0.29) is 43.0 Å². The van der Waals surface area contributed by atoms with Crippen LogP contribution in [0, 0.1) is 5.92 Å². The number of para-hydroxylation sites is 1. The van der Waals surface area contributed by atoms with Gasteiger partial charge in [-0.2, -0.15) is 0 Å². The van der Waals surface area contributed by atoms with E-state index in [1.807, 2.05) is 97.9 Å². The second-order valence-electron chi connectivity index (χ2n) is 13.1. The number of carbonyl (C=O) groups is 2. The standard InChI is InChI=1S/C41H44N4O5/c1-28-24-45(29(2)27-46)40(47)23-32-22-33(42-41(48)43-37-15-9-11-31-10-7-8-14-36(31)37)18-21-38(32)50-39(28)26-44(3)25-30-16-19-35(20-17-30)49-34-12-5-4-6-13-34/h4-22,28-29,39,46H,23-27H2,1-3H3,(H2,42,43,48)/t28-,29+,39-/m1/s1. The summed E-state index contributed by atoms with van der Waals surface area (Å²) >= 11 is 0. The fraction of sp³-hybridized carbons (Fsp3) is 0.268. The predicted molar refractivity (Wildman–Crippen MR) is 198 cm³/mol. The average Bonchev–Trinajstić information content (AvgIpc) is 3.16. The second-order valence-corrected chi connectivity index (χ2v) is 13.1. The molecule has 5 aromatic rings. The highest BCUT2D eigenvalue weighted by atomic mass is 16.5. The van der Waals surface area contributed by atoms with Crippen LogP contribution in [0.3, 0.4) is 0 Å².